The molecule has 0 radical (unpaired) electrons. The van der Waals surface area contributed by atoms with Crippen molar-refractivity contribution >= 4 is 17.5 Å². The van der Waals surface area contributed by atoms with E-state index < -0.39 is 28.1 Å². The Balaban J connectivity index is 1.72. The first-order valence-electron chi connectivity index (χ1n) is 13.7. The molecule has 1 N–H and O–H groups in total. The van der Waals surface area contributed by atoms with Crippen molar-refractivity contribution in [2.24, 2.45) is 56.7 Å². The van der Waals surface area contributed by atoms with Crippen LogP contribution in [0.25, 0.3) is 0 Å². The average Bonchev–Trinajstić information content (AvgIpc) is 2.76. The number of allylic oxidation sites excluding steroid dienone is 4. The van der Waals surface area contributed by atoms with Gasteiger partial charge in [0.15, 0.2) is 11.6 Å². The highest BCUT2D eigenvalue weighted by atomic mass is 16.4. The second-order valence-electron chi connectivity index (χ2n) is 14.7. The van der Waals surface area contributed by atoms with Crippen LogP contribution < -0.4 is 0 Å². The van der Waals surface area contributed by atoms with Crippen LogP contribution in [0.2, 0.25) is 0 Å². The van der Waals surface area contributed by atoms with Crippen LogP contribution in [0.3, 0.4) is 0 Å². The molecule has 0 aromatic heterocycles. The van der Waals surface area contributed by atoms with E-state index in [0.29, 0.717) is 6.42 Å². The van der Waals surface area contributed by atoms with Gasteiger partial charge in [-0.3, -0.25) is 14.4 Å². The number of aliphatic carboxylic acids is 1. The van der Waals surface area contributed by atoms with Crippen LogP contribution in [0.4, 0.5) is 0 Å². The lowest BCUT2D eigenvalue weighted by molar-refractivity contribution is -0.177. The van der Waals surface area contributed by atoms with Crippen LogP contribution in [0, 0.1) is 68.0 Å². The molecule has 0 aliphatic heterocycles. The van der Waals surface area contributed by atoms with Gasteiger partial charge in [0, 0.05) is 16.7 Å². The third kappa shape index (κ3) is 3.02. The maximum atomic E-state index is 14.2. The maximum absolute atomic E-state index is 14.2. The molecule has 5 aliphatic rings. The van der Waals surface area contributed by atoms with Crippen molar-refractivity contribution in [3.8, 4) is 6.07 Å². The number of Topliss-reactive ketones (excluding diaryl/α,β-unsaturated/α-hetero) is 1. The van der Waals surface area contributed by atoms with Gasteiger partial charge in [0.25, 0.3) is 0 Å². The second-order valence-corrected chi connectivity index (χ2v) is 14.7. The summed E-state index contributed by atoms with van der Waals surface area (Å²) < 4.78 is 0. The number of nitrogens with zero attached hydrogens (tertiary/aromatic N) is 1. The van der Waals surface area contributed by atoms with Crippen LogP contribution >= 0.6 is 0 Å². The highest BCUT2D eigenvalue weighted by molar-refractivity contribution is 6.04. The maximum Gasteiger partial charge on any atom is 0.306 e. The van der Waals surface area contributed by atoms with Crippen molar-refractivity contribution in [2.45, 2.75) is 87.0 Å². The molecule has 3 unspecified atom stereocenters. The Kier molecular flexibility index (Phi) is 5.24. The van der Waals surface area contributed by atoms with Crippen LogP contribution in [-0.4, -0.2) is 22.6 Å². The number of carboxylic acid groups (broad SMARTS) is 1. The van der Waals surface area contributed by atoms with Crippen molar-refractivity contribution in [2.75, 3.05) is 0 Å². The summed E-state index contributed by atoms with van der Waals surface area (Å²) >= 11 is 0. The summed E-state index contributed by atoms with van der Waals surface area (Å²) in [5, 5.41) is 20.2. The van der Waals surface area contributed by atoms with Gasteiger partial charge in [-0.15, -0.1) is 0 Å². The molecule has 0 amide bonds. The molecule has 0 bridgehead atoms. The predicted octanol–water partition coefficient (Wildman–Crippen LogP) is 6.15. The van der Waals surface area contributed by atoms with Gasteiger partial charge in [0.1, 0.15) is 6.07 Å². The van der Waals surface area contributed by atoms with Crippen molar-refractivity contribution in [3.05, 3.63) is 23.3 Å². The molecule has 0 aromatic rings. The van der Waals surface area contributed by atoms with E-state index in [1.807, 2.05) is 26.0 Å². The summed E-state index contributed by atoms with van der Waals surface area (Å²) in [4.78, 5) is 40.0. The Labute approximate surface area is 215 Å². The zero-order chi connectivity index (χ0) is 26.6. The predicted molar refractivity (Wildman–Crippen MR) is 136 cm³/mol. The number of carboxylic acids is 1. The molecule has 36 heavy (non-hydrogen) atoms. The fourth-order valence-corrected chi connectivity index (χ4v) is 10.1. The normalized spacial score (nSPS) is 46.7. The quantitative estimate of drug-likeness (QED) is 0.475. The van der Waals surface area contributed by atoms with Gasteiger partial charge in [-0.2, -0.15) is 5.26 Å². The van der Waals surface area contributed by atoms with Crippen LogP contribution in [0.15, 0.2) is 23.3 Å². The van der Waals surface area contributed by atoms with E-state index >= 15 is 0 Å². The number of nitriles is 1. The van der Waals surface area contributed by atoms with E-state index in [4.69, 9.17) is 0 Å². The molecule has 5 nitrogen and oxygen atoms in total. The molecule has 3 saturated carbocycles. The minimum atomic E-state index is -0.729. The fraction of sp³-hybridized carbons (Fsp3) is 0.742. The Bertz CT molecular complexity index is 1170. The molecule has 5 rings (SSSR count). The van der Waals surface area contributed by atoms with E-state index in [0.717, 1.165) is 37.7 Å². The SMILES string of the molecule is CC1(C)CCC2C(C1)C1C(=O)C=C3[C@@]4(C)C=C(C#N)C(=O)C(C)(C)[C@@H]4CC[C@@]3(C)[C@]1(C)C[C@@H]2C(=O)O. The lowest BCUT2D eigenvalue weighted by Gasteiger charge is -2.68. The number of hydrogen-bond acceptors (Lipinski definition) is 4. The number of carbonyl (C=O) groups excluding carboxylic acids is 2. The Morgan fingerprint density at radius 2 is 1.67 bits per heavy atom. The molecule has 5 aliphatic carbocycles. The molecule has 8 atom stereocenters. The van der Waals surface area contributed by atoms with E-state index in [1.165, 1.54) is 0 Å². The largest absolute Gasteiger partial charge is 0.481 e. The van der Waals surface area contributed by atoms with Crippen LogP contribution in [-0.2, 0) is 14.4 Å². The molecule has 0 saturated heterocycles. The van der Waals surface area contributed by atoms with Crippen molar-refractivity contribution in [1.82, 2.24) is 0 Å². The lowest BCUT2D eigenvalue weighted by Crippen LogP contribution is -2.65. The molecule has 0 spiro atoms. The minimum absolute atomic E-state index is 0.0119. The smallest absolute Gasteiger partial charge is 0.306 e. The van der Waals surface area contributed by atoms with Crippen molar-refractivity contribution < 1.29 is 19.5 Å². The standard InChI is InChI=1S/C31H41NO4/c1-27(2)10-8-18-19(14-27)24-21(33)12-23-29(5)13-17(16-32)25(34)28(3,4)22(29)9-11-30(23,6)31(24,7)15-20(18)26(35)36/h12-13,18-20,22,24H,8-11,14-15H2,1-7H3,(H,35,36)/t18?,19?,20-,22-,24?,29-,30+,31+/m0/s1. The molecule has 194 valence electrons. The number of hydrogen-bond donors (Lipinski definition) is 1. The van der Waals surface area contributed by atoms with E-state index in [1.54, 1.807) is 0 Å². The number of rotatable bonds is 1. The van der Waals surface area contributed by atoms with Gasteiger partial charge in [0.05, 0.1) is 11.5 Å². The average molecular weight is 492 g/mol. The fourth-order valence-electron chi connectivity index (χ4n) is 10.1. The highest BCUT2D eigenvalue weighted by Crippen LogP contribution is 2.73. The Morgan fingerprint density at radius 3 is 2.28 bits per heavy atom. The molecular weight excluding hydrogens is 450 g/mol. The van der Waals surface area contributed by atoms with Crippen LogP contribution in [0.1, 0.15) is 87.0 Å². The molecule has 3 fully saturated rings. The van der Waals surface area contributed by atoms with E-state index in [-0.39, 0.29) is 51.6 Å². The summed E-state index contributed by atoms with van der Waals surface area (Å²) in [6.07, 6.45) is 8.61. The third-order valence-electron chi connectivity index (χ3n) is 12.0. The summed E-state index contributed by atoms with van der Waals surface area (Å²) in [7, 11) is 0. The van der Waals surface area contributed by atoms with Gasteiger partial charge in [-0.1, -0.05) is 60.1 Å². The summed E-state index contributed by atoms with van der Waals surface area (Å²) in [6, 6.07) is 2.14. The monoisotopic (exact) mass is 491 g/mol. The van der Waals surface area contributed by atoms with Gasteiger partial charge < -0.3 is 5.11 Å². The van der Waals surface area contributed by atoms with Gasteiger partial charge in [-0.25, -0.2) is 0 Å². The number of ketones is 2. The molecular formula is C31H41NO4. The first-order valence-corrected chi connectivity index (χ1v) is 13.7. The molecule has 0 heterocycles. The molecule has 0 aromatic carbocycles. The van der Waals surface area contributed by atoms with Gasteiger partial charge >= 0.3 is 5.97 Å². The Morgan fingerprint density at radius 1 is 1.00 bits per heavy atom. The van der Waals surface area contributed by atoms with Gasteiger partial charge in [-0.05, 0) is 78.6 Å². The van der Waals surface area contributed by atoms with Crippen LogP contribution in [0.5, 0.6) is 0 Å². The summed E-state index contributed by atoms with van der Waals surface area (Å²) in [6.45, 7) is 14.9. The highest BCUT2D eigenvalue weighted by Gasteiger charge is 2.69. The Hall–Kier alpha value is -2.22. The van der Waals surface area contributed by atoms with Gasteiger partial charge in [0.2, 0.25) is 0 Å². The first-order chi connectivity index (χ1) is 16.5. The number of fused-ring (bicyclic) bond motifs is 7. The number of carbonyl (C=O) groups is 3. The van der Waals surface area contributed by atoms with E-state index in [9.17, 15) is 24.8 Å². The zero-order valence-corrected chi connectivity index (χ0v) is 22.9. The third-order valence-corrected chi connectivity index (χ3v) is 12.0. The minimum Gasteiger partial charge on any atom is -0.481 e. The molecule has 5 heteroatoms. The summed E-state index contributed by atoms with van der Waals surface area (Å²) in [5.41, 5.74) is -0.885. The summed E-state index contributed by atoms with van der Waals surface area (Å²) in [5.74, 6) is -1.26. The second kappa shape index (κ2) is 7.42. The topological polar surface area (TPSA) is 95.2 Å². The van der Waals surface area contributed by atoms with Crippen molar-refractivity contribution in [1.29, 1.82) is 5.26 Å². The first kappa shape index (κ1) is 25.4. The zero-order valence-electron chi connectivity index (χ0n) is 22.9. The van der Waals surface area contributed by atoms with Crippen molar-refractivity contribution in [3.63, 3.8) is 0 Å². The van der Waals surface area contributed by atoms with E-state index in [2.05, 4.69) is 40.7 Å². The lowest BCUT2D eigenvalue weighted by atomic mass is 9.35.